The average molecular weight is 595 g/mol. The Labute approximate surface area is 234 Å². The largest absolute Gasteiger partial charge is 0.351 e. The maximum Gasteiger partial charge on any atom is 0.226 e. The first-order valence-corrected chi connectivity index (χ1v) is 13.5. The summed E-state index contributed by atoms with van der Waals surface area (Å²) in [4.78, 5) is 18.9. The number of amides is 1. The van der Waals surface area contributed by atoms with E-state index in [1.165, 1.54) is 0 Å². The van der Waals surface area contributed by atoms with Gasteiger partial charge in [0, 0.05) is 39.9 Å². The van der Waals surface area contributed by atoms with E-state index in [9.17, 15) is 4.79 Å². The van der Waals surface area contributed by atoms with Crippen molar-refractivity contribution in [3.05, 3.63) is 106 Å². The Kier molecular flexibility index (Phi) is 7.33. The number of hydrogen-bond donors (Lipinski definition) is 2. The molecular formula is C28H25BrClN5OS. The molecule has 0 radical (unpaired) electrons. The molecule has 6 nitrogen and oxygen atoms in total. The van der Waals surface area contributed by atoms with Gasteiger partial charge < -0.3 is 20.1 Å². The van der Waals surface area contributed by atoms with Crippen LogP contribution in [0.2, 0.25) is 5.02 Å². The molecule has 37 heavy (non-hydrogen) atoms. The van der Waals surface area contributed by atoms with Crippen LogP contribution in [0, 0.1) is 5.92 Å². The number of halogens is 2. The molecular weight excluding hydrogens is 570 g/mol. The molecule has 2 aromatic heterocycles. The van der Waals surface area contributed by atoms with Crippen LogP contribution in [0.3, 0.4) is 0 Å². The van der Waals surface area contributed by atoms with Crippen molar-refractivity contribution in [1.29, 1.82) is 0 Å². The third-order valence-electron chi connectivity index (χ3n) is 6.28. The van der Waals surface area contributed by atoms with E-state index in [1.807, 2.05) is 74.6 Å². The molecule has 0 aliphatic carbocycles. The van der Waals surface area contributed by atoms with Crippen LogP contribution in [0.15, 0.2) is 89.7 Å². The highest BCUT2D eigenvalue weighted by Crippen LogP contribution is 2.43. The fourth-order valence-electron chi connectivity index (χ4n) is 4.46. The van der Waals surface area contributed by atoms with Crippen LogP contribution in [-0.4, -0.2) is 20.6 Å². The molecule has 9 heteroatoms. The number of aromatic nitrogens is 2. The summed E-state index contributed by atoms with van der Waals surface area (Å²) < 4.78 is 3.15. The van der Waals surface area contributed by atoms with Gasteiger partial charge in [0.05, 0.1) is 22.4 Å². The zero-order valence-electron chi connectivity index (χ0n) is 20.2. The quantitative estimate of drug-likeness (QED) is 0.234. The second-order valence-electron chi connectivity index (χ2n) is 9.09. The van der Waals surface area contributed by atoms with Gasteiger partial charge >= 0.3 is 0 Å². The van der Waals surface area contributed by atoms with E-state index in [-0.39, 0.29) is 23.9 Å². The first-order valence-electron chi connectivity index (χ1n) is 11.9. The van der Waals surface area contributed by atoms with Gasteiger partial charge in [0.2, 0.25) is 5.91 Å². The molecule has 1 amide bonds. The highest BCUT2D eigenvalue weighted by atomic mass is 79.9. The maximum atomic E-state index is 12.2. The molecule has 2 N–H and O–H groups in total. The molecule has 2 aromatic carbocycles. The fourth-order valence-corrected chi connectivity index (χ4v) is 5.42. The zero-order chi connectivity index (χ0) is 26.1. The molecule has 3 heterocycles. The summed E-state index contributed by atoms with van der Waals surface area (Å²) in [7, 11) is 0. The zero-order valence-corrected chi connectivity index (χ0v) is 23.4. The van der Waals surface area contributed by atoms with Crippen LogP contribution in [0.4, 0.5) is 11.4 Å². The summed E-state index contributed by atoms with van der Waals surface area (Å²) in [6.45, 7) is 3.68. The Morgan fingerprint density at radius 3 is 2.62 bits per heavy atom. The normalized spacial score (nSPS) is 17.2. The lowest BCUT2D eigenvalue weighted by molar-refractivity contribution is -0.118. The van der Waals surface area contributed by atoms with Crippen molar-refractivity contribution in [3.63, 3.8) is 0 Å². The summed E-state index contributed by atoms with van der Waals surface area (Å²) in [5.74, 6) is -0.242. The Balaban J connectivity index is 1.60. The Hall–Kier alpha value is -3.20. The second kappa shape index (κ2) is 10.7. The summed E-state index contributed by atoms with van der Waals surface area (Å²) in [5.41, 5.74) is 4.32. The van der Waals surface area contributed by atoms with Gasteiger partial charge in [0.25, 0.3) is 0 Å². The molecule has 188 valence electrons. The number of carbonyl (C=O) groups excluding carboxylic acids is 1. The van der Waals surface area contributed by atoms with Crippen molar-refractivity contribution >= 4 is 62.1 Å². The van der Waals surface area contributed by atoms with Crippen LogP contribution in [-0.2, 0) is 4.79 Å². The van der Waals surface area contributed by atoms with Crippen LogP contribution < -0.4 is 15.5 Å². The summed E-state index contributed by atoms with van der Waals surface area (Å²) in [6, 6.07) is 23.3. The molecule has 1 aliphatic rings. The molecule has 1 aliphatic heterocycles. The van der Waals surface area contributed by atoms with Crippen molar-refractivity contribution < 1.29 is 4.79 Å². The van der Waals surface area contributed by atoms with Gasteiger partial charge in [-0.2, -0.15) is 0 Å². The lowest BCUT2D eigenvalue weighted by Crippen LogP contribution is -2.30. The van der Waals surface area contributed by atoms with Crippen LogP contribution in [0.25, 0.3) is 5.69 Å². The Morgan fingerprint density at radius 2 is 1.92 bits per heavy atom. The van der Waals surface area contributed by atoms with Crippen molar-refractivity contribution in [1.82, 2.24) is 14.9 Å². The maximum absolute atomic E-state index is 12.2. The summed E-state index contributed by atoms with van der Waals surface area (Å²) >= 11 is 16.1. The highest BCUT2D eigenvalue weighted by Gasteiger charge is 2.42. The predicted octanol–water partition coefficient (Wildman–Crippen LogP) is 7.06. The SMILES string of the molecule is CC(C)C(=O)Nc1ccc(N2C(=S)N[C@H](c3ccccn3)[C@H]2c2cccn2-c2cccc(Br)c2)cc1Cl. The van der Waals surface area contributed by atoms with Crippen molar-refractivity contribution in [2.45, 2.75) is 25.9 Å². The average Bonchev–Trinajstić information content (AvgIpc) is 3.50. The standard InChI is InChI=1S/C28H25BrClN5OS/c1-17(2)27(36)32-22-12-11-20(16-21(22)30)35-26(25(33-28(35)37)23-9-3-4-13-31-23)24-10-6-14-34(24)19-8-5-7-18(29)15-19/h3-17,25-26H,1-2H3,(H,32,36)(H,33,37)/t25-,26-/m1/s1. The first-order chi connectivity index (χ1) is 17.8. The number of thiocarbonyl (C=S) groups is 1. The van der Waals surface area contributed by atoms with Gasteiger partial charge in [0.1, 0.15) is 6.04 Å². The number of benzene rings is 2. The monoisotopic (exact) mass is 593 g/mol. The highest BCUT2D eigenvalue weighted by molar-refractivity contribution is 9.10. The molecule has 1 fully saturated rings. The van der Waals surface area contributed by atoms with E-state index >= 15 is 0 Å². The van der Waals surface area contributed by atoms with Crippen LogP contribution in [0.5, 0.6) is 0 Å². The molecule has 0 bridgehead atoms. The Bertz CT molecular complexity index is 1460. The summed E-state index contributed by atoms with van der Waals surface area (Å²) in [5, 5.41) is 7.39. The minimum atomic E-state index is -0.219. The lowest BCUT2D eigenvalue weighted by atomic mass is 10.0. The number of carbonyl (C=O) groups is 1. The summed E-state index contributed by atoms with van der Waals surface area (Å²) in [6.07, 6.45) is 3.83. The van der Waals surface area contributed by atoms with Gasteiger partial charge in [-0.25, -0.2) is 0 Å². The van der Waals surface area contributed by atoms with Gasteiger partial charge in [-0.1, -0.05) is 53.5 Å². The van der Waals surface area contributed by atoms with Crippen molar-refractivity contribution in [2.24, 2.45) is 5.92 Å². The van der Waals surface area contributed by atoms with Crippen molar-refractivity contribution in [3.8, 4) is 5.69 Å². The molecule has 2 atom stereocenters. The number of nitrogens with zero attached hydrogens (tertiary/aromatic N) is 3. The van der Waals surface area contributed by atoms with Crippen LogP contribution in [0.1, 0.15) is 37.3 Å². The third-order valence-corrected chi connectivity index (χ3v) is 7.40. The number of rotatable bonds is 6. The number of pyridine rings is 1. The van der Waals surface area contributed by atoms with Crippen molar-refractivity contribution in [2.75, 3.05) is 10.2 Å². The number of hydrogen-bond acceptors (Lipinski definition) is 3. The lowest BCUT2D eigenvalue weighted by Gasteiger charge is -2.29. The Morgan fingerprint density at radius 1 is 1.08 bits per heavy atom. The van der Waals surface area contributed by atoms with Gasteiger partial charge in [-0.3, -0.25) is 9.78 Å². The molecule has 4 aromatic rings. The van der Waals surface area contributed by atoms with E-state index in [0.29, 0.717) is 15.8 Å². The minimum absolute atomic E-state index is 0.0899. The predicted molar refractivity (Wildman–Crippen MR) is 156 cm³/mol. The smallest absolute Gasteiger partial charge is 0.226 e. The third kappa shape index (κ3) is 5.14. The minimum Gasteiger partial charge on any atom is -0.351 e. The van der Waals surface area contributed by atoms with Gasteiger partial charge in [0.15, 0.2) is 5.11 Å². The van der Waals surface area contributed by atoms with E-state index in [0.717, 1.165) is 27.2 Å². The van der Waals surface area contributed by atoms with E-state index < -0.39 is 0 Å². The topological polar surface area (TPSA) is 62.2 Å². The number of anilines is 2. The second-order valence-corrected chi connectivity index (χ2v) is 10.8. The van der Waals surface area contributed by atoms with Gasteiger partial charge in [-0.05, 0) is 72.9 Å². The molecule has 1 saturated heterocycles. The van der Waals surface area contributed by atoms with E-state index in [4.69, 9.17) is 23.8 Å². The molecule has 5 rings (SSSR count). The van der Waals surface area contributed by atoms with Crippen LogP contribution >= 0.6 is 39.7 Å². The fraction of sp³-hybridized carbons (Fsp3) is 0.179. The number of nitrogens with one attached hydrogen (secondary N) is 2. The molecule has 0 unspecified atom stereocenters. The molecule has 0 spiro atoms. The first kappa shape index (κ1) is 25.4. The van der Waals surface area contributed by atoms with Gasteiger partial charge in [-0.15, -0.1) is 0 Å². The molecule has 0 saturated carbocycles. The van der Waals surface area contributed by atoms with E-state index in [1.54, 1.807) is 6.20 Å². The van der Waals surface area contributed by atoms with E-state index in [2.05, 4.69) is 59.2 Å².